The van der Waals surface area contributed by atoms with Crippen LogP contribution in [0.15, 0.2) is 12.1 Å². The van der Waals surface area contributed by atoms with E-state index in [2.05, 4.69) is 31.3 Å². The third-order valence-electron chi connectivity index (χ3n) is 3.33. The summed E-state index contributed by atoms with van der Waals surface area (Å²) in [5, 5.41) is 3.67. The zero-order valence-electron chi connectivity index (χ0n) is 10.6. The number of hydrogen-bond acceptors (Lipinski definition) is 3. The van der Waals surface area contributed by atoms with Gasteiger partial charge >= 0.3 is 0 Å². The summed E-state index contributed by atoms with van der Waals surface area (Å²) < 4.78 is 11.3. The Balaban J connectivity index is 1.88. The normalized spacial score (nSPS) is 26.9. The first kappa shape index (κ1) is 13.2. The van der Waals surface area contributed by atoms with Gasteiger partial charge in [0.05, 0.1) is 0 Å². The van der Waals surface area contributed by atoms with E-state index in [1.807, 2.05) is 11.3 Å². The number of hydrogen-bond donors (Lipinski definition) is 1. The molecule has 96 valence electrons. The third kappa shape index (κ3) is 3.63. The number of nitrogens with one attached hydrogen (secondary N) is 1. The van der Waals surface area contributed by atoms with Crippen LogP contribution in [-0.4, -0.2) is 21.8 Å². The van der Waals surface area contributed by atoms with Crippen LogP contribution in [0.1, 0.15) is 42.5 Å². The largest absolute Gasteiger partial charge is 0.307 e. The molecule has 0 aliphatic carbocycles. The highest BCUT2D eigenvalue weighted by molar-refractivity contribution is 7.85. The van der Waals surface area contributed by atoms with E-state index in [0.29, 0.717) is 12.1 Å². The molecule has 1 fully saturated rings. The van der Waals surface area contributed by atoms with E-state index in [4.69, 9.17) is 0 Å². The van der Waals surface area contributed by atoms with Crippen LogP contribution in [0.2, 0.25) is 0 Å². The maximum absolute atomic E-state index is 11.3. The summed E-state index contributed by atoms with van der Waals surface area (Å²) in [4.78, 5) is 2.88. The van der Waals surface area contributed by atoms with Gasteiger partial charge in [0.15, 0.2) is 0 Å². The van der Waals surface area contributed by atoms with Crippen molar-refractivity contribution >= 4 is 22.1 Å². The van der Waals surface area contributed by atoms with Gasteiger partial charge in [0.25, 0.3) is 0 Å². The van der Waals surface area contributed by atoms with Crippen molar-refractivity contribution in [3.05, 3.63) is 21.9 Å². The van der Waals surface area contributed by atoms with Gasteiger partial charge in [0, 0.05) is 44.1 Å². The fraction of sp³-hybridized carbons (Fsp3) is 0.692. The summed E-state index contributed by atoms with van der Waals surface area (Å²) in [5.74, 6) is 1.74. The second-order valence-electron chi connectivity index (χ2n) is 4.67. The maximum Gasteiger partial charge on any atom is 0.0388 e. The Kier molecular flexibility index (Phi) is 4.77. The Morgan fingerprint density at radius 1 is 1.47 bits per heavy atom. The van der Waals surface area contributed by atoms with Crippen LogP contribution >= 0.6 is 11.3 Å². The average Bonchev–Trinajstić information content (AvgIpc) is 2.81. The Morgan fingerprint density at radius 3 is 2.76 bits per heavy atom. The predicted molar refractivity (Wildman–Crippen MR) is 76.1 cm³/mol. The zero-order valence-corrected chi connectivity index (χ0v) is 12.2. The lowest BCUT2D eigenvalue weighted by molar-refractivity contribution is 0.430. The maximum atomic E-state index is 11.3. The fourth-order valence-corrected chi connectivity index (χ4v) is 4.48. The molecule has 1 aliphatic rings. The molecule has 4 heteroatoms. The van der Waals surface area contributed by atoms with Crippen LogP contribution in [0.4, 0.5) is 0 Å². The third-order valence-corrected chi connectivity index (χ3v) is 6.13. The van der Waals surface area contributed by atoms with E-state index in [0.717, 1.165) is 30.8 Å². The second kappa shape index (κ2) is 6.12. The zero-order chi connectivity index (χ0) is 12.3. The minimum atomic E-state index is -0.555. The standard InChI is InChI=1S/C13H21NOS2/c1-3-12-4-5-13(16-12)10(2)14-11-6-8-17(15)9-7-11/h4-5,10-11,14H,3,6-9H2,1-2H3. The summed E-state index contributed by atoms with van der Waals surface area (Å²) in [6.07, 6.45) is 3.24. The summed E-state index contributed by atoms with van der Waals surface area (Å²) >= 11 is 1.91. The molecule has 1 atom stereocenters. The molecule has 2 nitrogen and oxygen atoms in total. The monoisotopic (exact) mass is 271 g/mol. The fourth-order valence-electron chi connectivity index (χ4n) is 2.21. The van der Waals surface area contributed by atoms with Gasteiger partial charge in [-0.2, -0.15) is 0 Å². The van der Waals surface area contributed by atoms with Gasteiger partial charge in [-0.15, -0.1) is 11.3 Å². The highest BCUT2D eigenvalue weighted by Crippen LogP contribution is 2.25. The van der Waals surface area contributed by atoms with Crippen LogP contribution in [0, 0.1) is 0 Å². The molecule has 2 heterocycles. The highest BCUT2D eigenvalue weighted by Gasteiger charge is 2.20. The van der Waals surface area contributed by atoms with Gasteiger partial charge in [-0.25, -0.2) is 0 Å². The summed E-state index contributed by atoms with van der Waals surface area (Å²) in [7, 11) is -0.555. The van der Waals surface area contributed by atoms with E-state index >= 15 is 0 Å². The lowest BCUT2D eigenvalue weighted by Crippen LogP contribution is -2.36. The number of thiophene rings is 1. The molecule has 0 amide bonds. The molecule has 0 bridgehead atoms. The van der Waals surface area contributed by atoms with Crippen LogP contribution in [0.3, 0.4) is 0 Å². The highest BCUT2D eigenvalue weighted by atomic mass is 32.2. The molecule has 2 rings (SSSR count). The average molecular weight is 271 g/mol. The van der Waals surface area contributed by atoms with Crippen molar-refractivity contribution in [3.8, 4) is 0 Å². The summed E-state index contributed by atoms with van der Waals surface area (Å²) in [5.41, 5.74) is 0. The Labute approximate surface area is 110 Å². The van der Waals surface area contributed by atoms with E-state index in [1.54, 1.807) is 0 Å². The molecule has 0 saturated carbocycles. The molecule has 17 heavy (non-hydrogen) atoms. The topological polar surface area (TPSA) is 29.1 Å². The van der Waals surface area contributed by atoms with Gasteiger partial charge in [-0.1, -0.05) is 6.92 Å². The first-order chi connectivity index (χ1) is 8.19. The molecule has 0 aromatic carbocycles. The van der Waals surface area contributed by atoms with Crippen molar-refractivity contribution in [1.29, 1.82) is 0 Å². The molecular formula is C13H21NOS2. The summed E-state index contributed by atoms with van der Waals surface area (Å²) in [6.45, 7) is 4.43. The minimum Gasteiger partial charge on any atom is -0.307 e. The number of aryl methyl sites for hydroxylation is 1. The molecular weight excluding hydrogens is 250 g/mol. The summed E-state index contributed by atoms with van der Waals surface area (Å²) in [6, 6.07) is 5.45. The van der Waals surface area contributed by atoms with Crippen LogP contribution in [-0.2, 0) is 17.2 Å². The van der Waals surface area contributed by atoms with Crippen molar-refractivity contribution in [2.45, 2.75) is 45.2 Å². The van der Waals surface area contributed by atoms with Gasteiger partial charge in [-0.05, 0) is 38.3 Å². The van der Waals surface area contributed by atoms with Crippen molar-refractivity contribution in [1.82, 2.24) is 5.32 Å². The van der Waals surface area contributed by atoms with Gasteiger partial charge in [0.1, 0.15) is 0 Å². The van der Waals surface area contributed by atoms with Crippen LogP contribution < -0.4 is 5.32 Å². The van der Waals surface area contributed by atoms with Crippen LogP contribution in [0.25, 0.3) is 0 Å². The van der Waals surface area contributed by atoms with Crippen molar-refractivity contribution in [3.63, 3.8) is 0 Å². The molecule has 1 aliphatic heterocycles. The Morgan fingerprint density at radius 2 is 2.18 bits per heavy atom. The Bertz CT molecular complexity index is 379. The van der Waals surface area contributed by atoms with E-state index in [-0.39, 0.29) is 0 Å². The van der Waals surface area contributed by atoms with Crippen LogP contribution in [0.5, 0.6) is 0 Å². The Hall–Kier alpha value is -0.190. The molecule has 1 unspecified atom stereocenters. The molecule has 0 radical (unpaired) electrons. The minimum absolute atomic E-state index is 0.428. The smallest absolute Gasteiger partial charge is 0.0388 e. The lowest BCUT2D eigenvalue weighted by atomic mass is 10.1. The SMILES string of the molecule is CCc1ccc(C(C)NC2CCS(=O)CC2)s1. The van der Waals surface area contributed by atoms with E-state index in [1.165, 1.54) is 9.75 Å². The van der Waals surface area contributed by atoms with E-state index < -0.39 is 10.8 Å². The molecule has 1 N–H and O–H groups in total. The van der Waals surface area contributed by atoms with Crippen molar-refractivity contribution in [2.24, 2.45) is 0 Å². The van der Waals surface area contributed by atoms with Crippen molar-refractivity contribution < 1.29 is 4.21 Å². The predicted octanol–water partition coefficient (Wildman–Crippen LogP) is 2.87. The quantitative estimate of drug-likeness (QED) is 0.912. The second-order valence-corrected chi connectivity index (χ2v) is 7.56. The van der Waals surface area contributed by atoms with Gasteiger partial charge < -0.3 is 5.32 Å². The van der Waals surface area contributed by atoms with Gasteiger partial charge in [-0.3, -0.25) is 4.21 Å². The molecule has 0 spiro atoms. The molecule has 1 aromatic heterocycles. The first-order valence-electron chi connectivity index (χ1n) is 6.38. The number of rotatable bonds is 4. The van der Waals surface area contributed by atoms with Gasteiger partial charge in [0.2, 0.25) is 0 Å². The van der Waals surface area contributed by atoms with E-state index in [9.17, 15) is 4.21 Å². The molecule has 1 aromatic rings. The first-order valence-corrected chi connectivity index (χ1v) is 8.69. The molecule has 1 saturated heterocycles. The lowest BCUT2D eigenvalue weighted by Gasteiger charge is -2.25. The van der Waals surface area contributed by atoms with Crippen molar-refractivity contribution in [2.75, 3.05) is 11.5 Å².